The first-order valence-electron chi connectivity index (χ1n) is 6.08. The summed E-state index contributed by atoms with van der Waals surface area (Å²) in [5.41, 5.74) is 2.31. The number of hydrogen-bond acceptors (Lipinski definition) is 3. The van der Waals surface area contributed by atoms with E-state index in [0.29, 0.717) is 19.3 Å². The summed E-state index contributed by atoms with van der Waals surface area (Å²) >= 11 is 6.17. The predicted molar refractivity (Wildman–Crippen MR) is 66.6 cm³/mol. The lowest BCUT2D eigenvalue weighted by atomic mass is 9.89. The van der Waals surface area contributed by atoms with E-state index in [9.17, 15) is 0 Å². The van der Waals surface area contributed by atoms with Crippen LogP contribution in [0.3, 0.4) is 0 Å². The lowest BCUT2D eigenvalue weighted by molar-refractivity contribution is -0.0173. The molecule has 2 heterocycles. The molecule has 1 aromatic rings. The molecule has 0 aromatic heterocycles. The molecule has 92 valence electrons. The summed E-state index contributed by atoms with van der Waals surface area (Å²) in [6, 6.07) is 3.99. The summed E-state index contributed by atoms with van der Waals surface area (Å²) in [4.78, 5) is 0. The van der Waals surface area contributed by atoms with Gasteiger partial charge in [-0.15, -0.1) is 0 Å². The minimum atomic E-state index is 0.349. The van der Waals surface area contributed by atoms with E-state index < -0.39 is 0 Å². The molecule has 1 fully saturated rings. The fraction of sp³-hybridized carbons (Fsp3) is 0.538. The third-order valence-corrected chi connectivity index (χ3v) is 3.66. The van der Waals surface area contributed by atoms with Crippen LogP contribution in [0.4, 0.5) is 0 Å². The van der Waals surface area contributed by atoms with Crippen LogP contribution in [0.15, 0.2) is 12.1 Å². The molecule has 0 spiro atoms. The maximum Gasteiger partial charge on any atom is 0.189 e. The van der Waals surface area contributed by atoms with Crippen molar-refractivity contribution in [2.45, 2.75) is 25.4 Å². The second-order valence-corrected chi connectivity index (χ2v) is 5.07. The van der Waals surface area contributed by atoms with Crippen LogP contribution in [0.1, 0.15) is 29.9 Å². The van der Waals surface area contributed by atoms with Crippen molar-refractivity contribution in [3.63, 3.8) is 0 Å². The molecule has 1 atom stereocenters. The zero-order valence-electron chi connectivity index (χ0n) is 9.67. The van der Waals surface area contributed by atoms with Crippen molar-refractivity contribution in [3.8, 4) is 5.75 Å². The Kier molecular flexibility index (Phi) is 3.23. The highest BCUT2D eigenvalue weighted by molar-refractivity contribution is 6.30. The van der Waals surface area contributed by atoms with Crippen LogP contribution >= 0.6 is 11.6 Å². The van der Waals surface area contributed by atoms with E-state index in [1.54, 1.807) is 0 Å². The molecule has 0 saturated carbocycles. The lowest BCUT2D eigenvalue weighted by Gasteiger charge is -2.28. The van der Waals surface area contributed by atoms with Gasteiger partial charge < -0.3 is 14.8 Å². The molecule has 2 aliphatic rings. The van der Waals surface area contributed by atoms with Gasteiger partial charge in [0.2, 0.25) is 0 Å². The van der Waals surface area contributed by atoms with Crippen molar-refractivity contribution in [2.75, 3.05) is 19.9 Å². The van der Waals surface area contributed by atoms with Gasteiger partial charge in [0, 0.05) is 28.6 Å². The van der Waals surface area contributed by atoms with Crippen LogP contribution in [-0.4, -0.2) is 19.9 Å². The Balaban J connectivity index is 1.98. The summed E-state index contributed by atoms with van der Waals surface area (Å²) in [7, 11) is 0. The molecule has 0 bridgehead atoms. The molecular formula is C13H16ClNO2. The van der Waals surface area contributed by atoms with E-state index >= 15 is 0 Å². The van der Waals surface area contributed by atoms with E-state index in [1.807, 2.05) is 12.1 Å². The van der Waals surface area contributed by atoms with Crippen molar-refractivity contribution in [2.24, 2.45) is 0 Å². The Morgan fingerprint density at radius 1 is 1.35 bits per heavy atom. The maximum atomic E-state index is 6.17. The van der Waals surface area contributed by atoms with E-state index in [4.69, 9.17) is 21.1 Å². The fourth-order valence-electron chi connectivity index (χ4n) is 2.63. The molecule has 1 saturated heterocycles. The highest BCUT2D eigenvalue weighted by Crippen LogP contribution is 2.38. The van der Waals surface area contributed by atoms with Gasteiger partial charge in [-0.05, 0) is 31.5 Å². The van der Waals surface area contributed by atoms with Crippen molar-refractivity contribution in [3.05, 3.63) is 28.3 Å². The fourth-order valence-corrected chi connectivity index (χ4v) is 2.88. The second kappa shape index (κ2) is 4.84. The Morgan fingerprint density at radius 2 is 2.29 bits per heavy atom. The van der Waals surface area contributed by atoms with E-state index in [0.717, 1.165) is 29.4 Å². The Bertz CT molecular complexity index is 416. The minimum absolute atomic E-state index is 0.349. The number of hydrogen-bond donors (Lipinski definition) is 1. The first-order chi connectivity index (χ1) is 8.34. The normalized spacial score (nSPS) is 23.9. The Labute approximate surface area is 106 Å². The summed E-state index contributed by atoms with van der Waals surface area (Å²) in [6.45, 7) is 3.07. The third-order valence-electron chi connectivity index (χ3n) is 3.44. The molecule has 1 N–H and O–H groups in total. The summed E-state index contributed by atoms with van der Waals surface area (Å²) < 4.78 is 11.0. The number of nitrogens with one attached hydrogen (secondary N) is 1. The van der Waals surface area contributed by atoms with Gasteiger partial charge >= 0.3 is 0 Å². The SMILES string of the molecule is Clc1cc2c(c(C3CCCNC3)c1)OCOC2. The second-order valence-electron chi connectivity index (χ2n) is 4.64. The van der Waals surface area contributed by atoms with Gasteiger partial charge in [-0.1, -0.05) is 11.6 Å². The van der Waals surface area contributed by atoms with Crippen LogP contribution in [0, 0.1) is 0 Å². The molecule has 0 aliphatic carbocycles. The van der Waals surface area contributed by atoms with Crippen molar-refractivity contribution >= 4 is 11.6 Å². The van der Waals surface area contributed by atoms with Crippen LogP contribution in [0.5, 0.6) is 5.75 Å². The smallest absolute Gasteiger partial charge is 0.189 e. The Morgan fingerprint density at radius 3 is 3.12 bits per heavy atom. The lowest BCUT2D eigenvalue weighted by Crippen LogP contribution is -2.29. The number of rotatable bonds is 1. The van der Waals surface area contributed by atoms with Gasteiger partial charge in [-0.3, -0.25) is 0 Å². The largest absolute Gasteiger partial charge is 0.467 e. The summed E-state index contributed by atoms with van der Waals surface area (Å²) in [5.74, 6) is 1.50. The van der Waals surface area contributed by atoms with Crippen LogP contribution in [0.2, 0.25) is 5.02 Å². The summed E-state index contributed by atoms with van der Waals surface area (Å²) in [6.07, 6.45) is 2.41. The number of piperidine rings is 1. The highest BCUT2D eigenvalue weighted by atomic mass is 35.5. The first kappa shape index (κ1) is 11.3. The number of halogens is 1. The quantitative estimate of drug-likeness (QED) is 0.835. The van der Waals surface area contributed by atoms with Gasteiger partial charge in [0.05, 0.1) is 6.61 Å². The number of ether oxygens (including phenoxy) is 2. The van der Waals surface area contributed by atoms with Gasteiger partial charge in [0.1, 0.15) is 5.75 Å². The zero-order chi connectivity index (χ0) is 11.7. The van der Waals surface area contributed by atoms with E-state index in [1.165, 1.54) is 18.4 Å². The number of fused-ring (bicyclic) bond motifs is 1. The maximum absolute atomic E-state index is 6.17. The van der Waals surface area contributed by atoms with Crippen LogP contribution in [-0.2, 0) is 11.3 Å². The van der Waals surface area contributed by atoms with Gasteiger partial charge in [-0.25, -0.2) is 0 Å². The average molecular weight is 254 g/mol. The Hall–Kier alpha value is -0.770. The highest BCUT2D eigenvalue weighted by Gasteiger charge is 2.23. The van der Waals surface area contributed by atoms with Crippen molar-refractivity contribution in [1.82, 2.24) is 5.32 Å². The molecular weight excluding hydrogens is 238 g/mol. The van der Waals surface area contributed by atoms with E-state index in [2.05, 4.69) is 5.32 Å². The zero-order valence-corrected chi connectivity index (χ0v) is 10.4. The first-order valence-corrected chi connectivity index (χ1v) is 6.46. The molecule has 0 radical (unpaired) electrons. The van der Waals surface area contributed by atoms with E-state index in [-0.39, 0.29) is 0 Å². The molecule has 3 rings (SSSR count). The molecule has 17 heavy (non-hydrogen) atoms. The minimum Gasteiger partial charge on any atom is -0.467 e. The predicted octanol–water partition coefficient (Wildman–Crippen LogP) is 2.67. The van der Waals surface area contributed by atoms with Gasteiger partial charge in [0.25, 0.3) is 0 Å². The molecule has 4 heteroatoms. The van der Waals surface area contributed by atoms with Crippen LogP contribution in [0.25, 0.3) is 0 Å². The van der Waals surface area contributed by atoms with Crippen molar-refractivity contribution in [1.29, 1.82) is 0 Å². The molecule has 1 unspecified atom stereocenters. The third kappa shape index (κ3) is 2.28. The summed E-state index contributed by atoms with van der Waals surface area (Å²) in [5, 5.41) is 4.21. The standard InChI is InChI=1S/C13H16ClNO2/c14-11-4-10-7-16-8-17-13(10)12(5-11)9-2-1-3-15-6-9/h4-5,9,15H,1-3,6-8H2. The topological polar surface area (TPSA) is 30.5 Å². The number of benzene rings is 1. The van der Waals surface area contributed by atoms with Gasteiger partial charge in [-0.2, -0.15) is 0 Å². The molecule has 3 nitrogen and oxygen atoms in total. The monoisotopic (exact) mass is 253 g/mol. The van der Waals surface area contributed by atoms with Gasteiger partial charge in [0.15, 0.2) is 6.79 Å². The van der Waals surface area contributed by atoms with Crippen molar-refractivity contribution < 1.29 is 9.47 Å². The molecule has 2 aliphatic heterocycles. The average Bonchev–Trinajstić information content (AvgIpc) is 2.39. The molecule has 1 aromatic carbocycles. The van der Waals surface area contributed by atoms with Crippen LogP contribution < -0.4 is 10.1 Å². The molecule has 0 amide bonds.